The van der Waals surface area contributed by atoms with Gasteiger partial charge < -0.3 is 19.4 Å². The average molecular weight is 896 g/mol. The summed E-state index contributed by atoms with van der Waals surface area (Å²) in [5.74, 6) is -0.467. The Morgan fingerprint density at radius 2 is 1.51 bits per heavy atom. The average Bonchev–Trinajstić information content (AvgIpc) is 3.99. The maximum absolute atomic E-state index is 14.4. The first-order chi connectivity index (χ1) is 30.6. The van der Waals surface area contributed by atoms with Crippen molar-refractivity contribution in [2.24, 2.45) is 17.8 Å². The number of hydrogen-bond acceptors (Lipinski definition) is 5. The van der Waals surface area contributed by atoms with Gasteiger partial charge in [-0.1, -0.05) is 116 Å². The molecule has 65 heavy (non-hydrogen) atoms. The van der Waals surface area contributed by atoms with Crippen molar-refractivity contribution in [3.05, 3.63) is 87.0 Å². The fraction of sp³-hybridized carbons (Fsp3) is 0.545. The summed E-state index contributed by atoms with van der Waals surface area (Å²) in [5.41, 5.74) is 13.3. The molecule has 3 aromatic heterocycles. The zero-order chi connectivity index (χ0) is 46.4. The number of fused-ring (bicyclic) bond motifs is 8. The number of nitrogens with zero attached hydrogens (tertiary/aromatic N) is 2. The van der Waals surface area contributed by atoms with E-state index in [0.29, 0.717) is 39.8 Å². The SMILES string of the molecule is C=Cc1c(C)c2cc3[nH+]c(c4c5[n-]c(cc6[nH+]c(cc1[n-]2)C(C)=C6CC)c(C)c5C(=O)C4C(=O)OC)[C@@H](CCC(=O)OC/C=C(\C)CCC[C@@H](C)CCC[C@H](C)CCCC(C)C)[C@@H]3C.[Mg+2]. The van der Waals surface area contributed by atoms with Crippen LogP contribution in [0, 0.1) is 31.6 Å². The van der Waals surface area contributed by atoms with Gasteiger partial charge in [0.2, 0.25) is 11.4 Å². The molecule has 1 unspecified atom stereocenters. The third-order valence-corrected chi connectivity index (χ3v) is 14.4. The Kier molecular flexibility index (Phi) is 18.3. The minimum atomic E-state index is -1.18. The van der Waals surface area contributed by atoms with Crippen LogP contribution in [-0.2, 0) is 19.1 Å². The third kappa shape index (κ3) is 11.6. The number of ether oxygens (including phenoxy) is 2. The van der Waals surface area contributed by atoms with E-state index in [2.05, 4.69) is 91.0 Å². The van der Waals surface area contributed by atoms with E-state index >= 15 is 0 Å². The van der Waals surface area contributed by atoms with E-state index in [9.17, 15) is 14.4 Å². The molecule has 0 saturated heterocycles. The number of ketones is 1. The Labute approximate surface area is 404 Å². The molecule has 0 amide bonds. The van der Waals surface area contributed by atoms with Crippen molar-refractivity contribution in [2.75, 3.05) is 13.7 Å². The number of aryl methyl sites for hydroxylation is 2. The number of hydrogen-bond donors (Lipinski definition) is 0. The van der Waals surface area contributed by atoms with E-state index in [1.165, 1.54) is 57.6 Å². The molecule has 0 saturated carbocycles. The summed E-state index contributed by atoms with van der Waals surface area (Å²) < 4.78 is 11.1. The number of rotatable bonds is 20. The smallest absolute Gasteiger partial charge is 0.657 e. The molecule has 5 heterocycles. The van der Waals surface area contributed by atoms with Gasteiger partial charge in [-0.05, 0) is 101 Å². The predicted octanol–water partition coefficient (Wildman–Crippen LogP) is 11.7. The van der Waals surface area contributed by atoms with Gasteiger partial charge in [0.15, 0.2) is 17.2 Å². The third-order valence-electron chi connectivity index (χ3n) is 14.4. The molecular weight excluding hydrogens is 821 g/mol. The van der Waals surface area contributed by atoms with Crippen molar-refractivity contribution >= 4 is 80.1 Å². The number of nitrogens with one attached hydrogen (secondary N) is 2. The summed E-state index contributed by atoms with van der Waals surface area (Å²) in [6, 6.07) is 6.14. The van der Waals surface area contributed by atoms with Crippen molar-refractivity contribution in [3.8, 4) is 0 Å². The molecule has 6 rings (SSSR count). The molecule has 3 aliphatic rings. The number of carbonyl (C=O) groups is 3. The second-order valence-corrected chi connectivity index (χ2v) is 19.6. The van der Waals surface area contributed by atoms with Gasteiger partial charge in [-0.15, -0.1) is 22.1 Å². The van der Waals surface area contributed by atoms with Gasteiger partial charge in [-0.25, -0.2) is 9.97 Å². The van der Waals surface area contributed by atoms with Crippen molar-refractivity contribution in [3.63, 3.8) is 0 Å². The van der Waals surface area contributed by atoms with Crippen LogP contribution in [0.3, 0.4) is 0 Å². The van der Waals surface area contributed by atoms with Gasteiger partial charge in [0.05, 0.1) is 18.9 Å². The fourth-order valence-electron chi connectivity index (χ4n) is 10.3. The molecule has 0 radical (unpaired) electrons. The van der Waals surface area contributed by atoms with Gasteiger partial charge in [0, 0.05) is 28.7 Å². The van der Waals surface area contributed by atoms with E-state index < -0.39 is 11.9 Å². The fourth-order valence-corrected chi connectivity index (χ4v) is 10.3. The monoisotopic (exact) mass is 895 g/mol. The molecule has 1 aliphatic carbocycles. The van der Waals surface area contributed by atoms with Gasteiger partial charge in [0.1, 0.15) is 12.5 Å². The van der Waals surface area contributed by atoms with Crippen LogP contribution in [0.5, 0.6) is 0 Å². The molecule has 0 aromatic carbocycles. The second-order valence-electron chi connectivity index (χ2n) is 19.6. The molecule has 10 heteroatoms. The number of methoxy groups -OCH3 is 1. The van der Waals surface area contributed by atoms with E-state index in [-0.39, 0.29) is 59.7 Å². The minimum absolute atomic E-state index is 0. The number of aromatic nitrogens is 4. The first-order valence-corrected chi connectivity index (χ1v) is 24.1. The molecule has 0 fully saturated rings. The van der Waals surface area contributed by atoms with Gasteiger partial charge >= 0.3 is 35.0 Å². The van der Waals surface area contributed by atoms with Gasteiger partial charge in [-0.2, -0.15) is 0 Å². The van der Waals surface area contributed by atoms with Gasteiger partial charge in [0.25, 0.3) is 0 Å². The van der Waals surface area contributed by atoms with Crippen molar-refractivity contribution in [1.29, 1.82) is 0 Å². The zero-order valence-electron chi connectivity index (χ0n) is 41.4. The molecule has 5 atom stereocenters. The largest absolute Gasteiger partial charge is 2.00 e. The number of carbonyl (C=O) groups excluding carboxylic acids is 3. The first-order valence-electron chi connectivity index (χ1n) is 24.1. The molecule has 8 bridgehead atoms. The number of Topliss-reactive ketones (excluding diaryl/α,β-unsaturated/α-hetero) is 1. The van der Waals surface area contributed by atoms with Crippen LogP contribution in [0.2, 0.25) is 0 Å². The summed E-state index contributed by atoms with van der Waals surface area (Å²) in [7, 11) is 1.31. The van der Waals surface area contributed by atoms with Crippen molar-refractivity contribution in [2.45, 2.75) is 164 Å². The van der Waals surface area contributed by atoms with Crippen LogP contribution >= 0.6 is 0 Å². The molecule has 344 valence electrons. The number of esters is 2. The molecule has 9 nitrogen and oxygen atoms in total. The van der Waals surface area contributed by atoms with Crippen LogP contribution in [0.1, 0.15) is 206 Å². The number of aromatic amines is 2. The molecule has 2 N–H and O–H groups in total. The quantitative estimate of drug-likeness (QED) is 0.0478. The maximum Gasteiger partial charge on any atom is 2.00 e. The Hall–Kier alpha value is -4.28. The van der Waals surface area contributed by atoms with Crippen LogP contribution in [0.15, 0.2) is 36.4 Å². The van der Waals surface area contributed by atoms with Crippen LogP contribution in [-0.4, -0.2) is 54.5 Å². The number of allylic oxidation sites excluding steroid dienone is 3. The molecular formula is C55H74MgN4O5+2. The van der Waals surface area contributed by atoms with E-state index in [4.69, 9.17) is 19.4 Å². The van der Waals surface area contributed by atoms with Crippen LogP contribution in [0.4, 0.5) is 0 Å². The molecule has 0 spiro atoms. The van der Waals surface area contributed by atoms with E-state index in [1.807, 2.05) is 25.1 Å². The predicted molar refractivity (Wildman–Crippen MR) is 263 cm³/mol. The maximum atomic E-state index is 14.4. The Bertz CT molecular complexity index is 2490. The minimum Gasteiger partial charge on any atom is -0.657 e. The normalized spacial score (nSPS) is 17.9. The van der Waals surface area contributed by atoms with E-state index in [1.54, 1.807) is 0 Å². The topological polar surface area (TPSA) is 126 Å². The Morgan fingerprint density at radius 3 is 2.15 bits per heavy atom. The summed E-state index contributed by atoms with van der Waals surface area (Å²) in [5, 5.41) is 0. The van der Waals surface area contributed by atoms with Crippen molar-refractivity contribution in [1.82, 2.24) is 9.97 Å². The van der Waals surface area contributed by atoms with Crippen molar-refractivity contribution < 1.29 is 33.8 Å². The van der Waals surface area contributed by atoms with Crippen LogP contribution < -0.4 is 19.9 Å². The second kappa shape index (κ2) is 22.9. The standard InChI is InChI=1S/C55H73N4O5.Mg/c1-13-39-35(8)42-28-44-37(10)41(24-25-48(60)64-27-26-34(7)23-17-22-33(6)21-16-20-32(5)19-15-18-31(3)4)52(58-44)50-51(55(62)63-12)54(61)49-38(11)45(59-53(49)50)30-47-40(14-2)36(9)43(57-47)29-46(39)56-42;/h13,26,28-33,37,41,51H,1,14-25,27H2,2-12H3,(H-,56,57,58,59,61);/q-1;+2/p+1/b34-26+;/t32-,33+,37+,41+,51?;/m1./s1. The summed E-state index contributed by atoms with van der Waals surface area (Å²) in [4.78, 5) is 59.0. The Morgan fingerprint density at radius 1 is 0.862 bits per heavy atom. The zero-order valence-corrected chi connectivity index (χ0v) is 42.8. The summed E-state index contributed by atoms with van der Waals surface area (Å²) in [6.45, 7) is 26.2. The first kappa shape index (κ1) is 51.7. The van der Waals surface area contributed by atoms with Gasteiger partial charge in [-0.3, -0.25) is 14.4 Å². The molecule has 2 aliphatic heterocycles. The van der Waals surface area contributed by atoms with Crippen LogP contribution in [0.25, 0.3) is 39.3 Å². The van der Waals surface area contributed by atoms with E-state index in [0.717, 1.165) is 87.4 Å². The summed E-state index contributed by atoms with van der Waals surface area (Å²) in [6.07, 6.45) is 16.6. The number of H-pyrrole nitrogens is 2. The molecule has 3 aromatic rings. The Balaban J connectivity index is 0.00000793. The summed E-state index contributed by atoms with van der Waals surface area (Å²) >= 11 is 0.